The van der Waals surface area contributed by atoms with Crippen LogP contribution in [0.2, 0.25) is 0 Å². The van der Waals surface area contributed by atoms with Gasteiger partial charge < -0.3 is 14.2 Å². The minimum absolute atomic E-state index is 0.0697. The smallest absolute Gasteiger partial charge is 0.333 e. The highest BCUT2D eigenvalue weighted by atomic mass is 16.5. The van der Waals surface area contributed by atoms with Gasteiger partial charge in [0.05, 0.1) is 25.7 Å². The average Bonchev–Trinajstić information content (AvgIpc) is 2.67. The van der Waals surface area contributed by atoms with E-state index in [9.17, 15) is 4.79 Å². The molecule has 1 aliphatic rings. The van der Waals surface area contributed by atoms with Crippen LogP contribution in [-0.4, -0.2) is 32.9 Å². The topological polar surface area (TPSA) is 44.8 Å². The Labute approximate surface area is 160 Å². The largest absolute Gasteiger partial charge is 0.497 e. The van der Waals surface area contributed by atoms with E-state index in [4.69, 9.17) is 14.2 Å². The van der Waals surface area contributed by atoms with Gasteiger partial charge in [-0.1, -0.05) is 43.0 Å². The van der Waals surface area contributed by atoms with Crippen LogP contribution in [0, 0.1) is 5.41 Å². The van der Waals surface area contributed by atoms with Crippen LogP contribution in [0.5, 0.6) is 5.75 Å². The molecule has 0 radical (unpaired) electrons. The fraction of sp³-hybridized carbons (Fsp3) is 0.348. The van der Waals surface area contributed by atoms with Gasteiger partial charge in [0, 0.05) is 5.57 Å². The third kappa shape index (κ3) is 4.77. The van der Waals surface area contributed by atoms with Crippen molar-refractivity contribution >= 4 is 5.97 Å². The van der Waals surface area contributed by atoms with Gasteiger partial charge in [-0.3, -0.25) is 0 Å². The van der Waals surface area contributed by atoms with E-state index in [0.29, 0.717) is 25.4 Å². The number of aryl methyl sites for hydroxylation is 1. The molecule has 0 atom stereocenters. The van der Waals surface area contributed by atoms with Crippen molar-refractivity contribution in [2.24, 2.45) is 5.41 Å². The highest BCUT2D eigenvalue weighted by molar-refractivity contribution is 5.86. The second-order valence-corrected chi connectivity index (χ2v) is 7.27. The lowest BCUT2D eigenvalue weighted by molar-refractivity contribution is -0.168. The van der Waals surface area contributed by atoms with Gasteiger partial charge >= 0.3 is 5.97 Å². The van der Waals surface area contributed by atoms with Crippen LogP contribution in [0.1, 0.15) is 18.9 Å². The van der Waals surface area contributed by atoms with Crippen molar-refractivity contribution < 1.29 is 19.0 Å². The molecule has 1 fully saturated rings. The summed E-state index contributed by atoms with van der Waals surface area (Å²) >= 11 is 0. The van der Waals surface area contributed by atoms with Gasteiger partial charge in [0.25, 0.3) is 0 Å². The molecule has 4 heteroatoms. The minimum Gasteiger partial charge on any atom is -0.497 e. The normalized spacial score (nSPS) is 14.9. The summed E-state index contributed by atoms with van der Waals surface area (Å²) in [6, 6.07) is 16.7. The minimum atomic E-state index is -0.329. The van der Waals surface area contributed by atoms with Gasteiger partial charge in [-0.2, -0.15) is 0 Å². The molecular weight excluding hydrogens is 340 g/mol. The summed E-state index contributed by atoms with van der Waals surface area (Å²) < 4.78 is 16.0. The molecule has 4 nitrogen and oxygen atoms in total. The van der Waals surface area contributed by atoms with Gasteiger partial charge in [-0.15, -0.1) is 0 Å². The van der Waals surface area contributed by atoms with Crippen LogP contribution in [0.3, 0.4) is 0 Å². The Morgan fingerprint density at radius 2 is 1.67 bits per heavy atom. The lowest BCUT2D eigenvalue weighted by atomic mass is 9.81. The van der Waals surface area contributed by atoms with Crippen LogP contribution in [0.15, 0.2) is 60.7 Å². The standard InChI is InChI=1S/C23H26O4/c1-17(2)22(24)27-16-23(14-26-15-23)13-12-18-4-6-19(7-5-18)20-8-10-21(25-3)11-9-20/h4-11H,1,12-16H2,2-3H3. The Balaban J connectivity index is 1.57. The summed E-state index contributed by atoms with van der Waals surface area (Å²) in [4.78, 5) is 11.6. The summed E-state index contributed by atoms with van der Waals surface area (Å²) in [6.45, 7) is 6.96. The Bertz CT molecular complexity index is 786. The van der Waals surface area contributed by atoms with Gasteiger partial charge in [-0.05, 0) is 48.6 Å². The van der Waals surface area contributed by atoms with E-state index in [1.165, 1.54) is 11.1 Å². The fourth-order valence-electron chi connectivity index (χ4n) is 3.09. The van der Waals surface area contributed by atoms with E-state index in [0.717, 1.165) is 24.2 Å². The van der Waals surface area contributed by atoms with Crippen molar-refractivity contribution in [2.45, 2.75) is 19.8 Å². The zero-order chi connectivity index (χ0) is 19.3. The maximum atomic E-state index is 11.6. The van der Waals surface area contributed by atoms with Crippen LogP contribution in [0.4, 0.5) is 0 Å². The number of ether oxygens (including phenoxy) is 3. The lowest BCUT2D eigenvalue weighted by Gasteiger charge is -2.41. The predicted octanol–water partition coefficient (Wildman–Crippen LogP) is 4.43. The first-order valence-corrected chi connectivity index (χ1v) is 9.15. The molecule has 0 saturated carbocycles. The van der Waals surface area contributed by atoms with Crippen molar-refractivity contribution in [3.05, 3.63) is 66.2 Å². The Kier molecular flexibility index (Phi) is 5.97. The molecule has 0 bridgehead atoms. The van der Waals surface area contributed by atoms with E-state index in [1.54, 1.807) is 14.0 Å². The zero-order valence-electron chi connectivity index (χ0n) is 16.0. The summed E-state index contributed by atoms with van der Waals surface area (Å²) in [6.07, 6.45) is 1.86. The van der Waals surface area contributed by atoms with Crippen molar-refractivity contribution in [1.82, 2.24) is 0 Å². The second kappa shape index (κ2) is 8.40. The van der Waals surface area contributed by atoms with E-state index in [-0.39, 0.29) is 11.4 Å². The highest BCUT2D eigenvalue weighted by Crippen LogP contribution is 2.34. The first-order valence-electron chi connectivity index (χ1n) is 9.15. The molecular formula is C23H26O4. The molecule has 0 aliphatic carbocycles. The Morgan fingerprint density at radius 1 is 1.07 bits per heavy atom. The molecule has 1 aliphatic heterocycles. The summed E-state index contributed by atoms with van der Waals surface area (Å²) in [5, 5.41) is 0. The molecule has 142 valence electrons. The fourth-order valence-corrected chi connectivity index (χ4v) is 3.09. The Morgan fingerprint density at radius 3 is 2.15 bits per heavy atom. The number of benzene rings is 2. The molecule has 0 unspecified atom stereocenters. The highest BCUT2D eigenvalue weighted by Gasteiger charge is 2.39. The predicted molar refractivity (Wildman–Crippen MR) is 106 cm³/mol. The van der Waals surface area contributed by atoms with E-state index >= 15 is 0 Å². The van der Waals surface area contributed by atoms with E-state index in [1.807, 2.05) is 12.1 Å². The number of carbonyl (C=O) groups excluding carboxylic acids is 1. The third-order valence-electron chi connectivity index (χ3n) is 5.00. The molecule has 0 spiro atoms. The number of hydrogen-bond acceptors (Lipinski definition) is 4. The lowest BCUT2D eigenvalue weighted by Crippen LogP contribution is -2.47. The van der Waals surface area contributed by atoms with Crippen LogP contribution in [-0.2, 0) is 20.7 Å². The van der Waals surface area contributed by atoms with E-state index in [2.05, 4.69) is 43.0 Å². The van der Waals surface area contributed by atoms with Crippen molar-refractivity contribution in [2.75, 3.05) is 26.9 Å². The number of esters is 1. The molecule has 2 aromatic rings. The van der Waals surface area contributed by atoms with Crippen molar-refractivity contribution in [3.63, 3.8) is 0 Å². The maximum Gasteiger partial charge on any atom is 0.333 e. The third-order valence-corrected chi connectivity index (χ3v) is 5.00. The van der Waals surface area contributed by atoms with Gasteiger partial charge in [0.2, 0.25) is 0 Å². The van der Waals surface area contributed by atoms with E-state index < -0.39 is 0 Å². The monoisotopic (exact) mass is 366 g/mol. The SMILES string of the molecule is C=C(C)C(=O)OCC1(CCc2ccc(-c3ccc(OC)cc3)cc2)COC1. The first-order chi connectivity index (χ1) is 13.0. The Hall–Kier alpha value is -2.59. The second-order valence-electron chi connectivity index (χ2n) is 7.27. The number of hydrogen-bond donors (Lipinski definition) is 0. The van der Waals surface area contributed by atoms with Gasteiger partial charge in [0.15, 0.2) is 0 Å². The summed E-state index contributed by atoms with van der Waals surface area (Å²) in [5.41, 5.74) is 3.97. The molecule has 0 amide bonds. The molecule has 0 aromatic heterocycles. The molecule has 1 saturated heterocycles. The van der Waals surface area contributed by atoms with Crippen molar-refractivity contribution in [1.29, 1.82) is 0 Å². The average molecular weight is 366 g/mol. The number of rotatable bonds is 8. The number of methoxy groups -OCH3 is 1. The molecule has 3 rings (SSSR count). The van der Waals surface area contributed by atoms with Gasteiger partial charge in [0.1, 0.15) is 12.4 Å². The molecule has 2 aromatic carbocycles. The van der Waals surface area contributed by atoms with Crippen LogP contribution >= 0.6 is 0 Å². The summed E-state index contributed by atoms with van der Waals surface area (Å²) in [7, 11) is 1.67. The van der Waals surface area contributed by atoms with Crippen LogP contribution < -0.4 is 4.74 Å². The zero-order valence-corrected chi connectivity index (χ0v) is 16.0. The number of carbonyl (C=O) groups is 1. The van der Waals surface area contributed by atoms with Crippen LogP contribution in [0.25, 0.3) is 11.1 Å². The molecule has 1 heterocycles. The molecule has 0 N–H and O–H groups in total. The van der Waals surface area contributed by atoms with Crippen molar-refractivity contribution in [3.8, 4) is 16.9 Å². The summed E-state index contributed by atoms with van der Waals surface area (Å²) in [5.74, 6) is 0.529. The molecule has 27 heavy (non-hydrogen) atoms. The quantitative estimate of drug-likeness (QED) is 0.512. The first kappa shape index (κ1) is 19.2. The van der Waals surface area contributed by atoms with Gasteiger partial charge in [-0.25, -0.2) is 4.79 Å². The maximum absolute atomic E-state index is 11.6.